The van der Waals surface area contributed by atoms with Gasteiger partial charge in [-0.15, -0.1) is 0 Å². The highest BCUT2D eigenvalue weighted by molar-refractivity contribution is 6.66. The van der Waals surface area contributed by atoms with Gasteiger partial charge in [0.25, 0.3) is 11.9 Å². The number of carbonyl (C=O) groups excluding carboxylic acids is 4. The molecule has 8 nitrogen and oxygen atoms in total. The maximum atomic E-state index is 12.9. The molecule has 11 heteroatoms. The van der Waals surface area contributed by atoms with Gasteiger partial charge in [0.15, 0.2) is 0 Å². The smallest absolute Gasteiger partial charge is 0.586 e. The first-order chi connectivity index (χ1) is 15.0. The minimum absolute atomic E-state index is 0.00383. The molecule has 1 aromatic rings. The molecular formula is C21H27BCl2N2O6. The van der Waals surface area contributed by atoms with Crippen LogP contribution in [0.25, 0.3) is 0 Å². The van der Waals surface area contributed by atoms with Crippen LogP contribution in [-0.2, 0) is 23.7 Å². The highest BCUT2D eigenvalue weighted by atomic mass is 35.5. The summed E-state index contributed by atoms with van der Waals surface area (Å²) in [6.07, 6.45) is 0.708. The lowest BCUT2D eigenvalue weighted by atomic mass is 9.50. The van der Waals surface area contributed by atoms with Crippen LogP contribution in [0.3, 0.4) is 0 Å². The van der Waals surface area contributed by atoms with Gasteiger partial charge in [0, 0.05) is 12.1 Å². The summed E-state index contributed by atoms with van der Waals surface area (Å²) in [5.74, 6) is -1.98. The molecule has 174 valence electrons. The van der Waals surface area contributed by atoms with Crippen molar-refractivity contribution in [1.82, 2.24) is 5.32 Å². The van der Waals surface area contributed by atoms with Crippen molar-refractivity contribution in [2.24, 2.45) is 5.92 Å². The number of benzene rings is 1. The average molecular weight is 485 g/mol. The molecule has 0 spiro atoms. The van der Waals surface area contributed by atoms with Gasteiger partial charge in [-0.1, -0.05) is 43.5 Å². The van der Waals surface area contributed by atoms with E-state index in [4.69, 9.17) is 32.5 Å². The van der Waals surface area contributed by atoms with Gasteiger partial charge >= 0.3 is 12.7 Å². The van der Waals surface area contributed by atoms with Crippen molar-refractivity contribution in [3.05, 3.63) is 33.8 Å². The quantitative estimate of drug-likeness (QED) is 0.569. The summed E-state index contributed by atoms with van der Waals surface area (Å²) in [5.41, 5.74) is 0.170. The molecule has 2 saturated heterocycles. The molecule has 0 bridgehead atoms. The van der Waals surface area contributed by atoms with Gasteiger partial charge in [0.1, 0.15) is 12.3 Å². The third-order valence-corrected chi connectivity index (χ3v) is 6.83. The van der Waals surface area contributed by atoms with Crippen molar-refractivity contribution in [2.75, 3.05) is 26.7 Å². The Morgan fingerprint density at radius 1 is 1.19 bits per heavy atom. The SMILES string of the molecule is CC(C)C[C@H](CC(=O)CNC(=O)c1cc(Cl)ccc1Cl)[B-]12OC(=O)CC[N+]1(C)CC(=O)O2. The number of quaternary nitrogens is 1. The van der Waals surface area contributed by atoms with Crippen molar-refractivity contribution in [3.8, 4) is 0 Å². The van der Waals surface area contributed by atoms with Crippen LogP contribution in [0, 0.1) is 5.92 Å². The molecule has 1 amide bonds. The summed E-state index contributed by atoms with van der Waals surface area (Å²) in [4.78, 5) is 49.8. The second-order valence-electron chi connectivity index (χ2n) is 9.26. The van der Waals surface area contributed by atoms with Gasteiger partial charge in [-0.3, -0.25) is 19.2 Å². The Bertz CT molecular complexity index is 958. The molecule has 1 N–H and O–H groups in total. The van der Waals surface area contributed by atoms with Crippen molar-refractivity contribution >= 4 is 53.5 Å². The Morgan fingerprint density at radius 3 is 2.56 bits per heavy atom. The van der Waals surface area contributed by atoms with E-state index in [1.54, 1.807) is 6.07 Å². The number of nitrogens with zero attached hydrogens (tertiary/aromatic N) is 1. The van der Waals surface area contributed by atoms with Crippen molar-refractivity contribution in [1.29, 1.82) is 0 Å². The fraction of sp³-hybridized carbons (Fsp3) is 0.524. The average Bonchev–Trinajstić information content (AvgIpc) is 2.97. The summed E-state index contributed by atoms with van der Waals surface area (Å²) in [6, 6.07) is 4.49. The van der Waals surface area contributed by atoms with E-state index in [1.165, 1.54) is 12.1 Å². The van der Waals surface area contributed by atoms with E-state index in [1.807, 2.05) is 20.9 Å². The van der Waals surface area contributed by atoms with Crippen LogP contribution in [0.4, 0.5) is 0 Å². The fourth-order valence-electron chi connectivity index (χ4n) is 4.80. The molecule has 2 aliphatic rings. The molecule has 3 rings (SSSR count). The number of rotatable bonds is 8. The lowest BCUT2D eigenvalue weighted by molar-refractivity contribution is -0.815. The molecule has 0 radical (unpaired) electrons. The topological polar surface area (TPSA) is 98.8 Å². The molecule has 32 heavy (non-hydrogen) atoms. The highest BCUT2D eigenvalue weighted by Crippen LogP contribution is 2.45. The van der Waals surface area contributed by atoms with Gasteiger partial charge in [-0.2, -0.15) is 0 Å². The lowest BCUT2D eigenvalue weighted by Crippen LogP contribution is -2.71. The lowest BCUT2D eigenvalue weighted by Gasteiger charge is -2.54. The van der Waals surface area contributed by atoms with Gasteiger partial charge in [0.2, 0.25) is 0 Å². The summed E-state index contributed by atoms with van der Waals surface area (Å²) < 4.78 is 11.6. The zero-order valence-corrected chi connectivity index (χ0v) is 19.9. The van der Waals surface area contributed by atoms with E-state index < -0.39 is 30.3 Å². The molecule has 2 fully saturated rings. The molecule has 2 heterocycles. The Morgan fingerprint density at radius 2 is 1.88 bits per heavy atom. The van der Waals surface area contributed by atoms with Crippen LogP contribution >= 0.6 is 23.2 Å². The number of carbonyl (C=O) groups is 4. The van der Waals surface area contributed by atoms with Crippen LogP contribution in [0.5, 0.6) is 0 Å². The van der Waals surface area contributed by atoms with Crippen LogP contribution < -0.4 is 5.32 Å². The van der Waals surface area contributed by atoms with Gasteiger partial charge in [-0.05, 0) is 36.4 Å². The van der Waals surface area contributed by atoms with Crippen molar-refractivity contribution < 1.29 is 32.9 Å². The van der Waals surface area contributed by atoms with E-state index in [0.29, 0.717) is 18.0 Å². The van der Waals surface area contributed by atoms with Gasteiger partial charge < -0.3 is 19.0 Å². The van der Waals surface area contributed by atoms with Crippen LogP contribution in [0.1, 0.15) is 43.5 Å². The van der Waals surface area contributed by atoms with Crippen LogP contribution in [-0.4, -0.2) is 61.4 Å². The molecule has 2 aliphatic heterocycles. The largest absolute Gasteiger partial charge is 0.604 e. The molecule has 0 aromatic heterocycles. The number of amides is 1. The molecular weight excluding hydrogens is 458 g/mol. The molecule has 1 aromatic carbocycles. The van der Waals surface area contributed by atoms with Crippen LogP contribution in [0.2, 0.25) is 15.9 Å². The van der Waals surface area contributed by atoms with E-state index in [-0.39, 0.29) is 52.6 Å². The predicted octanol–water partition coefficient (Wildman–Crippen LogP) is 2.99. The zero-order valence-electron chi connectivity index (χ0n) is 18.4. The normalized spacial score (nSPS) is 25.7. The number of halogens is 2. The summed E-state index contributed by atoms with van der Waals surface area (Å²) >= 11 is 12.0. The van der Waals surface area contributed by atoms with Crippen molar-refractivity contribution in [2.45, 2.75) is 38.9 Å². The number of ketones is 1. The second kappa shape index (κ2) is 9.41. The number of fused-ring (bicyclic) bond motifs is 1. The number of hydrogen-bond donors (Lipinski definition) is 1. The standard InChI is InChI=1S/C21H27BCl2N2O6/c1-13(2)8-14(22-26(3,12-20(29)32-22)7-6-19(28)31-22)9-16(27)11-25-21(30)17-10-15(23)4-5-18(17)24/h4-5,10,13-14H,6-9,11-12H2,1-3H3,(H,25,30)/t14-,22?,26?/m1/s1. The Labute approximate surface area is 197 Å². The molecule has 0 aliphatic carbocycles. The monoisotopic (exact) mass is 484 g/mol. The molecule has 0 saturated carbocycles. The Kier molecular flexibility index (Phi) is 7.22. The molecule has 2 unspecified atom stereocenters. The Hall–Kier alpha value is -2.10. The van der Waals surface area contributed by atoms with E-state index in [0.717, 1.165) is 0 Å². The van der Waals surface area contributed by atoms with Gasteiger partial charge in [-0.25, -0.2) is 0 Å². The third kappa shape index (κ3) is 4.95. The number of Topliss-reactive ketones (excluding diaryl/α,β-unsaturated/α-hetero) is 1. The van der Waals surface area contributed by atoms with Crippen molar-refractivity contribution in [3.63, 3.8) is 0 Å². The highest BCUT2D eigenvalue weighted by Gasteiger charge is 2.66. The number of likely N-dealkylation sites (N-methyl/N-ethyl adjacent to an activating group) is 1. The predicted molar refractivity (Wildman–Crippen MR) is 120 cm³/mol. The Balaban J connectivity index is 1.76. The zero-order chi connectivity index (χ0) is 23.7. The summed E-state index contributed by atoms with van der Waals surface area (Å²) in [7, 11) is 1.83. The molecule has 3 atom stereocenters. The third-order valence-electron chi connectivity index (χ3n) is 6.27. The first-order valence-electron chi connectivity index (χ1n) is 10.6. The fourth-order valence-corrected chi connectivity index (χ4v) is 5.18. The summed E-state index contributed by atoms with van der Waals surface area (Å²) in [6.45, 7) is 1.85. The van der Waals surface area contributed by atoms with E-state index in [2.05, 4.69) is 5.32 Å². The van der Waals surface area contributed by atoms with E-state index >= 15 is 0 Å². The summed E-state index contributed by atoms with van der Waals surface area (Å²) in [5, 5.41) is 3.14. The first kappa shape index (κ1) is 24.5. The number of hydrogen-bond acceptors (Lipinski definition) is 6. The van der Waals surface area contributed by atoms with E-state index in [9.17, 15) is 19.2 Å². The maximum absolute atomic E-state index is 12.9. The second-order valence-corrected chi connectivity index (χ2v) is 10.1. The number of nitrogens with one attached hydrogen (secondary N) is 1. The van der Waals surface area contributed by atoms with Gasteiger partial charge in [0.05, 0.1) is 30.1 Å². The minimum Gasteiger partial charge on any atom is -0.604 e. The van der Waals surface area contributed by atoms with Crippen LogP contribution in [0.15, 0.2) is 18.2 Å². The minimum atomic E-state index is -2.39. The first-order valence-corrected chi connectivity index (χ1v) is 11.4. The maximum Gasteiger partial charge on any atom is 0.586 e.